The largest absolute Gasteiger partial charge is 0.395 e. The number of carbonyl (C=O) groups excluding carboxylic acids is 1. The maximum absolute atomic E-state index is 11.5. The second kappa shape index (κ2) is 6.98. The van der Waals surface area contributed by atoms with Crippen molar-refractivity contribution >= 4 is 29.0 Å². The van der Waals surface area contributed by atoms with Crippen LogP contribution in [-0.2, 0) is 17.0 Å². The molecule has 1 aromatic rings. The van der Waals surface area contributed by atoms with Crippen molar-refractivity contribution < 1.29 is 9.90 Å². The topological polar surface area (TPSA) is 53.4 Å². The van der Waals surface area contributed by atoms with E-state index in [9.17, 15) is 4.79 Å². The Morgan fingerprint density at radius 1 is 1.65 bits per heavy atom. The SMILES string of the molecule is CC(CO)SCc1csc(CC(=O)N(C)C)n1. The minimum Gasteiger partial charge on any atom is -0.395 e. The van der Waals surface area contributed by atoms with Crippen LogP contribution >= 0.6 is 23.1 Å². The number of carbonyl (C=O) groups is 1. The molecule has 0 saturated carbocycles. The highest BCUT2D eigenvalue weighted by atomic mass is 32.2. The summed E-state index contributed by atoms with van der Waals surface area (Å²) in [5.41, 5.74) is 0.988. The highest BCUT2D eigenvalue weighted by Gasteiger charge is 2.10. The van der Waals surface area contributed by atoms with Gasteiger partial charge in [-0.25, -0.2) is 4.98 Å². The predicted octanol–water partition coefficient (Wildman–Crippen LogP) is 1.39. The lowest BCUT2D eigenvalue weighted by atomic mass is 10.4. The van der Waals surface area contributed by atoms with E-state index in [1.54, 1.807) is 30.8 Å². The Labute approximate surface area is 110 Å². The summed E-state index contributed by atoms with van der Waals surface area (Å²) in [7, 11) is 3.49. The van der Waals surface area contributed by atoms with E-state index in [1.165, 1.54) is 11.3 Å². The second-order valence-corrected chi connectivity index (χ2v) is 6.37. The van der Waals surface area contributed by atoms with E-state index < -0.39 is 0 Å². The van der Waals surface area contributed by atoms with E-state index in [4.69, 9.17) is 5.11 Å². The molecule has 17 heavy (non-hydrogen) atoms. The maximum atomic E-state index is 11.5. The number of thioether (sulfide) groups is 1. The number of thiazole rings is 1. The third-order valence-electron chi connectivity index (χ3n) is 2.17. The Balaban J connectivity index is 2.45. The molecule has 0 aliphatic heterocycles. The van der Waals surface area contributed by atoms with Crippen molar-refractivity contribution in [3.05, 3.63) is 16.1 Å². The summed E-state index contributed by atoms with van der Waals surface area (Å²) in [5, 5.41) is 12.0. The molecule has 1 heterocycles. The smallest absolute Gasteiger partial charge is 0.228 e. The Bertz CT molecular complexity index is 366. The molecule has 0 aliphatic carbocycles. The fourth-order valence-electron chi connectivity index (χ4n) is 1.06. The third kappa shape index (κ3) is 5.06. The molecule has 4 nitrogen and oxygen atoms in total. The summed E-state index contributed by atoms with van der Waals surface area (Å²) < 4.78 is 0. The lowest BCUT2D eigenvalue weighted by Gasteiger charge is -2.07. The first-order chi connectivity index (χ1) is 8.02. The molecule has 0 fully saturated rings. The van der Waals surface area contributed by atoms with Gasteiger partial charge in [-0.15, -0.1) is 11.3 Å². The standard InChI is InChI=1S/C11H18N2O2S2/c1-8(5-14)16-6-9-7-17-10(12-9)4-11(15)13(2)3/h7-8,14H,4-6H2,1-3H3. The van der Waals surface area contributed by atoms with Crippen LogP contribution in [-0.4, -0.2) is 46.8 Å². The van der Waals surface area contributed by atoms with Crippen molar-refractivity contribution in [2.24, 2.45) is 0 Å². The van der Waals surface area contributed by atoms with Crippen LogP contribution in [0.15, 0.2) is 5.38 Å². The lowest BCUT2D eigenvalue weighted by Crippen LogP contribution is -2.23. The summed E-state index contributed by atoms with van der Waals surface area (Å²) >= 11 is 3.19. The maximum Gasteiger partial charge on any atom is 0.228 e. The molecule has 0 radical (unpaired) electrons. The highest BCUT2D eigenvalue weighted by molar-refractivity contribution is 7.99. The van der Waals surface area contributed by atoms with Gasteiger partial charge in [-0.1, -0.05) is 6.92 Å². The second-order valence-electron chi connectivity index (χ2n) is 4.00. The van der Waals surface area contributed by atoms with Gasteiger partial charge in [-0.2, -0.15) is 11.8 Å². The predicted molar refractivity (Wildman–Crippen MR) is 72.4 cm³/mol. The van der Waals surface area contributed by atoms with Gasteiger partial charge >= 0.3 is 0 Å². The molecule has 0 spiro atoms. The van der Waals surface area contributed by atoms with Crippen molar-refractivity contribution in [3.8, 4) is 0 Å². The first-order valence-electron chi connectivity index (χ1n) is 5.38. The molecule has 1 amide bonds. The molecule has 0 aliphatic rings. The van der Waals surface area contributed by atoms with Gasteiger partial charge in [0, 0.05) is 30.5 Å². The minimum absolute atomic E-state index is 0.0716. The molecule has 0 aromatic carbocycles. The molecule has 1 rings (SSSR count). The molecule has 1 atom stereocenters. The molecular formula is C11H18N2O2S2. The molecule has 1 N–H and O–H groups in total. The van der Waals surface area contributed by atoms with E-state index in [-0.39, 0.29) is 17.8 Å². The fourth-order valence-corrected chi connectivity index (χ4v) is 2.66. The van der Waals surface area contributed by atoms with Gasteiger partial charge in [0.1, 0.15) is 5.01 Å². The number of rotatable bonds is 6. The summed E-state index contributed by atoms with van der Waals surface area (Å²) in [6.07, 6.45) is 0.373. The molecule has 6 heteroatoms. The van der Waals surface area contributed by atoms with Crippen molar-refractivity contribution in [2.75, 3.05) is 20.7 Å². The Hall–Kier alpha value is -0.590. The molecule has 1 aromatic heterocycles. The zero-order valence-corrected chi connectivity index (χ0v) is 12.0. The third-order valence-corrected chi connectivity index (χ3v) is 4.25. The fraction of sp³-hybridized carbons (Fsp3) is 0.636. The number of amides is 1. The highest BCUT2D eigenvalue weighted by Crippen LogP contribution is 2.19. The first kappa shape index (κ1) is 14.5. The van der Waals surface area contributed by atoms with E-state index in [2.05, 4.69) is 4.98 Å². The summed E-state index contributed by atoms with van der Waals surface area (Å²) in [6.45, 7) is 2.16. The van der Waals surface area contributed by atoms with Crippen LogP contribution in [0.5, 0.6) is 0 Å². The number of likely N-dealkylation sites (N-methyl/N-ethyl adjacent to an activating group) is 1. The lowest BCUT2D eigenvalue weighted by molar-refractivity contribution is -0.127. The van der Waals surface area contributed by atoms with Gasteiger partial charge in [0.2, 0.25) is 5.91 Å². The van der Waals surface area contributed by atoms with Crippen molar-refractivity contribution in [1.29, 1.82) is 0 Å². The van der Waals surface area contributed by atoms with Crippen LogP contribution in [0.2, 0.25) is 0 Å². The van der Waals surface area contributed by atoms with E-state index in [1.807, 2.05) is 12.3 Å². The molecule has 0 bridgehead atoms. The molecule has 0 saturated heterocycles. The van der Waals surface area contributed by atoms with Gasteiger partial charge in [0.05, 0.1) is 18.7 Å². The zero-order chi connectivity index (χ0) is 12.8. The number of nitrogens with zero attached hydrogens (tertiary/aromatic N) is 2. The number of aliphatic hydroxyl groups is 1. The van der Waals surface area contributed by atoms with Gasteiger partial charge in [0.15, 0.2) is 0 Å². The van der Waals surface area contributed by atoms with Crippen LogP contribution in [0.25, 0.3) is 0 Å². The van der Waals surface area contributed by atoms with Crippen LogP contribution in [0, 0.1) is 0 Å². The van der Waals surface area contributed by atoms with Gasteiger partial charge in [0.25, 0.3) is 0 Å². The van der Waals surface area contributed by atoms with E-state index in [0.29, 0.717) is 6.42 Å². The monoisotopic (exact) mass is 274 g/mol. The molecule has 96 valence electrons. The first-order valence-corrected chi connectivity index (χ1v) is 7.31. The van der Waals surface area contributed by atoms with E-state index >= 15 is 0 Å². The summed E-state index contributed by atoms with van der Waals surface area (Å²) in [4.78, 5) is 17.5. The Kier molecular flexibility index (Phi) is 5.94. The van der Waals surface area contributed by atoms with Crippen molar-refractivity contribution in [1.82, 2.24) is 9.88 Å². The minimum atomic E-state index is 0.0716. The van der Waals surface area contributed by atoms with Crippen LogP contribution < -0.4 is 0 Å². The van der Waals surface area contributed by atoms with Crippen LogP contribution in [0.3, 0.4) is 0 Å². The quantitative estimate of drug-likeness (QED) is 0.851. The number of hydrogen-bond acceptors (Lipinski definition) is 5. The van der Waals surface area contributed by atoms with Gasteiger partial charge in [-0.3, -0.25) is 4.79 Å². The average Bonchev–Trinajstić information content (AvgIpc) is 2.73. The zero-order valence-electron chi connectivity index (χ0n) is 10.3. The summed E-state index contributed by atoms with van der Waals surface area (Å²) in [5.74, 6) is 0.858. The van der Waals surface area contributed by atoms with Crippen molar-refractivity contribution in [2.45, 2.75) is 24.3 Å². The summed E-state index contributed by atoms with van der Waals surface area (Å²) in [6, 6.07) is 0. The molecule has 1 unspecified atom stereocenters. The normalized spacial score (nSPS) is 12.5. The van der Waals surface area contributed by atoms with E-state index in [0.717, 1.165) is 16.5 Å². The number of hydrogen-bond donors (Lipinski definition) is 1. The van der Waals surface area contributed by atoms with Gasteiger partial charge < -0.3 is 10.0 Å². The number of aromatic nitrogens is 1. The van der Waals surface area contributed by atoms with Crippen molar-refractivity contribution in [3.63, 3.8) is 0 Å². The Morgan fingerprint density at radius 3 is 2.94 bits per heavy atom. The number of aliphatic hydroxyl groups excluding tert-OH is 1. The Morgan fingerprint density at radius 2 is 2.35 bits per heavy atom. The van der Waals surface area contributed by atoms with Crippen LogP contribution in [0.1, 0.15) is 17.6 Å². The van der Waals surface area contributed by atoms with Gasteiger partial charge in [-0.05, 0) is 0 Å². The average molecular weight is 274 g/mol. The van der Waals surface area contributed by atoms with Crippen LogP contribution in [0.4, 0.5) is 0 Å². The molecular weight excluding hydrogens is 256 g/mol.